The van der Waals surface area contributed by atoms with Gasteiger partial charge in [0.15, 0.2) is 11.5 Å². The van der Waals surface area contributed by atoms with Crippen LogP contribution in [0.2, 0.25) is 0 Å². The maximum Gasteiger partial charge on any atom is 0.252 e. The van der Waals surface area contributed by atoms with E-state index in [0.717, 1.165) is 65.0 Å². The lowest BCUT2D eigenvalue weighted by Gasteiger charge is -2.41. The zero-order chi connectivity index (χ0) is 40.7. The number of aliphatic hydroxyl groups excluding tert-OH is 1. The zero-order valence-electron chi connectivity index (χ0n) is 32.9. The maximum absolute atomic E-state index is 13.0. The summed E-state index contributed by atoms with van der Waals surface area (Å²) in [6.45, 7) is 8.56. The molecule has 14 heteroatoms. The molecule has 7 rings (SSSR count). The van der Waals surface area contributed by atoms with Crippen molar-refractivity contribution >= 4 is 39.9 Å². The van der Waals surface area contributed by atoms with Gasteiger partial charge in [-0.3, -0.25) is 19.2 Å². The molecule has 57 heavy (non-hydrogen) atoms. The molecule has 0 atom stereocenters. The predicted octanol–water partition coefficient (Wildman–Crippen LogP) is 2.93. The summed E-state index contributed by atoms with van der Waals surface area (Å²) in [6, 6.07) is 20.0. The number of likely N-dealkylation sites (tertiary alicyclic amines) is 1. The van der Waals surface area contributed by atoms with E-state index < -0.39 is 0 Å². The van der Waals surface area contributed by atoms with Crippen molar-refractivity contribution in [2.75, 3.05) is 53.6 Å². The van der Waals surface area contributed by atoms with Gasteiger partial charge in [-0.2, -0.15) is 0 Å². The monoisotopic (exact) mass is 778 g/mol. The molecule has 0 spiro atoms. The van der Waals surface area contributed by atoms with Crippen molar-refractivity contribution in [3.63, 3.8) is 0 Å². The summed E-state index contributed by atoms with van der Waals surface area (Å²) in [5.41, 5.74) is 4.30. The van der Waals surface area contributed by atoms with Crippen molar-refractivity contribution in [2.45, 2.75) is 51.9 Å². The van der Waals surface area contributed by atoms with Crippen LogP contribution in [0.25, 0.3) is 21.8 Å². The molecule has 3 aromatic carbocycles. The lowest BCUT2D eigenvalue weighted by atomic mass is 9.88. The highest BCUT2D eigenvalue weighted by Gasteiger charge is 2.33. The number of pyridine rings is 2. The fourth-order valence-electron chi connectivity index (χ4n) is 7.44. The van der Waals surface area contributed by atoms with Gasteiger partial charge in [-0.15, -0.1) is 0 Å². The second kappa shape index (κ2) is 18.0. The molecular formula is C43H50N6O8. The first-order valence-electron chi connectivity index (χ1n) is 19.1. The third-order valence-corrected chi connectivity index (χ3v) is 10.8. The van der Waals surface area contributed by atoms with E-state index >= 15 is 0 Å². The van der Waals surface area contributed by atoms with Crippen molar-refractivity contribution < 1.29 is 29.0 Å². The Morgan fingerprint density at radius 1 is 0.754 bits per heavy atom. The van der Waals surface area contributed by atoms with Gasteiger partial charge in [0.2, 0.25) is 0 Å². The molecule has 4 N–H and O–H groups in total. The lowest BCUT2D eigenvalue weighted by Crippen LogP contribution is -2.55. The normalized spacial score (nSPS) is 14.8. The summed E-state index contributed by atoms with van der Waals surface area (Å²) in [6.07, 6.45) is 2.28. The molecule has 5 aromatic rings. The number of rotatable bonds is 11. The fourth-order valence-corrected chi connectivity index (χ4v) is 7.44. The smallest absolute Gasteiger partial charge is 0.252 e. The Bertz CT molecular complexity index is 2410. The van der Waals surface area contributed by atoms with Crippen LogP contribution in [-0.4, -0.2) is 96.3 Å². The fraction of sp³-hybridized carbons (Fsp3) is 0.372. The number of carbonyl (C=O) groups excluding carboxylic acids is 3. The van der Waals surface area contributed by atoms with Crippen LogP contribution < -0.4 is 36.5 Å². The van der Waals surface area contributed by atoms with Crippen molar-refractivity contribution in [1.29, 1.82) is 0 Å². The molecule has 1 saturated heterocycles. The molecule has 0 aliphatic carbocycles. The van der Waals surface area contributed by atoms with E-state index in [1.807, 2.05) is 56.3 Å². The Hall–Kier alpha value is -5.83. The molecule has 0 unspecified atom stereocenters. The van der Waals surface area contributed by atoms with Crippen molar-refractivity contribution in [3.8, 4) is 11.5 Å². The van der Waals surface area contributed by atoms with Gasteiger partial charge in [0.25, 0.3) is 22.9 Å². The Balaban J connectivity index is 0.000000242. The quantitative estimate of drug-likeness (QED) is 0.146. The number of aryl methyl sites for hydroxylation is 2. The predicted molar refractivity (Wildman–Crippen MR) is 218 cm³/mol. The molecule has 14 nitrogen and oxygen atoms in total. The van der Waals surface area contributed by atoms with E-state index in [9.17, 15) is 29.1 Å². The summed E-state index contributed by atoms with van der Waals surface area (Å²) >= 11 is 0. The molecule has 2 aliphatic heterocycles. The highest BCUT2D eigenvalue weighted by Crippen LogP contribution is 2.31. The van der Waals surface area contributed by atoms with Gasteiger partial charge in [-0.25, -0.2) is 0 Å². The van der Waals surface area contributed by atoms with Crippen LogP contribution >= 0.6 is 0 Å². The minimum atomic E-state index is -0.358. The molecule has 2 aromatic heterocycles. The third-order valence-electron chi connectivity index (χ3n) is 10.8. The number of hydrogen-bond donors (Lipinski definition) is 4. The summed E-state index contributed by atoms with van der Waals surface area (Å²) in [5, 5.41) is 20.4. The van der Waals surface area contributed by atoms with Crippen LogP contribution in [0.4, 0.5) is 0 Å². The first kappa shape index (κ1) is 40.8. The van der Waals surface area contributed by atoms with Gasteiger partial charge in [0, 0.05) is 75.3 Å². The number of piperidine rings is 1. The van der Waals surface area contributed by atoms with Crippen LogP contribution in [0.5, 0.6) is 11.5 Å². The van der Waals surface area contributed by atoms with Crippen molar-refractivity contribution in [2.24, 2.45) is 0 Å². The summed E-state index contributed by atoms with van der Waals surface area (Å²) in [7, 11) is 3.08. The third kappa shape index (κ3) is 9.09. The number of hydrogen-bond acceptors (Lipinski definition) is 10. The Morgan fingerprint density at radius 3 is 1.88 bits per heavy atom. The highest BCUT2D eigenvalue weighted by atomic mass is 16.6. The largest absolute Gasteiger partial charge is 0.486 e. The van der Waals surface area contributed by atoms with Crippen LogP contribution in [0.15, 0.2) is 76.3 Å². The molecule has 0 radical (unpaired) electrons. The first-order chi connectivity index (χ1) is 27.5. The lowest BCUT2D eigenvalue weighted by molar-refractivity contribution is -0.108. The van der Waals surface area contributed by atoms with E-state index in [4.69, 9.17) is 9.47 Å². The molecule has 2 amide bonds. The topological polar surface area (TPSA) is 173 Å². The summed E-state index contributed by atoms with van der Waals surface area (Å²) in [5.74, 6) is 0.965. The summed E-state index contributed by atoms with van der Waals surface area (Å²) < 4.78 is 14.4. The number of carbonyl (C=O) groups is 3. The number of fused-ring (bicyclic) bond motifs is 3. The molecule has 300 valence electrons. The van der Waals surface area contributed by atoms with Crippen LogP contribution in [0.1, 0.15) is 50.2 Å². The van der Waals surface area contributed by atoms with Gasteiger partial charge in [-0.1, -0.05) is 30.3 Å². The van der Waals surface area contributed by atoms with Gasteiger partial charge < -0.3 is 49.4 Å². The minimum Gasteiger partial charge on any atom is -0.486 e. The van der Waals surface area contributed by atoms with Crippen LogP contribution in [0.3, 0.4) is 0 Å². The number of ether oxygens (including phenoxy) is 2. The molecule has 0 saturated carbocycles. The van der Waals surface area contributed by atoms with E-state index in [2.05, 4.69) is 20.9 Å². The van der Waals surface area contributed by atoms with Crippen LogP contribution in [-0.2, 0) is 24.4 Å². The van der Waals surface area contributed by atoms with Gasteiger partial charge in [0.1, 0.15) is 19.5 Å². The Morgan fingerprint density at radius 2 is 1.32 bits per heavy atom. The van der Waals surface area contributed by atoms with Gasteiger partial charge in [-0.05, 0) is 67.6 Å². The maximum atomic E-state index is 13.0. The highest BCUT2D eigenvalue weighted by molar-refractivity contribution is 6.07. The number of aromatic nitrogens is 2. The standard InChI is InChI=1S/C29H36N4O5.C14H14N2O3/c1-20-3-5-22-23(28(36)30-2)17-27(35)33(24(22)15-20)12-11-32-9-7-29(19-34,8-10-32)31-18-21-4-6-25-26(16-21)38-14-13-37-25;1-9-3-4-10-11(14(19)15-2)8-13(18)16(5-6-17)12(10)7-9/h3-6,15-17,31,34H,7-14,18-19H2,1-2H3,(H,30,36);3-4,6-8H,5H2,1-2H3,(H,15,19). The Kier molecular flexibility index (Phi) is 12.9. The Labute approximate surface area is 330 Å². The molecule has 4 heterocycles. The van der Waals surface area contributed by atoms with E-state index in [1.54, 1.807) is 23.7 Å². The number of aliphatic hydroxyl groups is 1. The van der Waals surface area contributed by atoms with Gasteiger partial charge >= 0.3 is 0 Å². The number of aldehydes is 1. The average molecular weight is 779 g/mol. The SMILES string of the molecule is CNC(=O)c1cc(=O)n(CC=O)c2cc(C)ccc12.CNC(=O)c1cc(=O)n(CCN2CCC(CO)(NCc3ccc4c(c3)OCCO4)CC2)c2cc(C)ccc12. The zero-order valence-corrected chi connectivity index (χ0v) is 32.9. The second-order valence-corrected chi connectivity index (χ2v) is 14.5. The number of nitrogens with zero attached hydrogens (tertiary/aromatic N) is 3. The number of benzene rings is 3. The molecule has 0 bridgehead atoms. The van der Waals surface area contributed by atoms with Crippen molar-refractivity contribution in [3.05, 3.63) is 115 Å². The second-order valence-electron chi connectivity index (χ2n) is 14.5. The summed E-state index contributed by atoms with van der Waals surface area (Å²) in [4.78, 5) is 62.2. The molecular weight excluding hydrogens is 729 g/mol. The minimum absolute atomic E-state index is 0.0210. The first-order valence-corrected chi connectivity index (χ1v) is 19.1. The van der Waals surface area contributed by atoms with E-state index in [0.29, 0.717) is 61.2 Å². The van der Waals surface area contributed by atoms with E-state index in [1.165, 1.54) is 23.7 Å². The van der Waals surface area contributed by atoms with E-state index in [-0.39, 0.29) is 41.6 Å². The number of nitrogens with one attached hydrogen (secondary N) is 3. The molecule has 2 aliphatic rings. The van der Waals surface area contributed by atoms with Crippen molar-refractivity contribution in [1.82, 2.24) is 30.0 Å². The van der Waals surface area contributed by atoms with Gasteiger partial charge in [0.05, 0.1) is 35.3 Å². The van der Waals surface area contributed by atoms with Crippen LogP contribution in [0, 0.1) is 13.8 Å². The number of amides is 2. The molecule has 1 fully saturated rings. The average Bonchev–Trinajstić information content (AvgIpc) is 3.23.